The largest absolute Gasteiger partial charge is 0.370 e. The molecule has 0 aromatic heterocycles. The lowest BCUT2D eigenvalue weighted by molar-refractivity contribution is -0.138. The number of primary amides is 1. The number of carbonyl (C=O) groups excluding carboxylic acids is 2. The highest BCUT2D eigenvalue weighted by Crippen LogP contribution is 2.42. The van der Waals surface area contributed by atoms with Crippen molar-refractivity contribution in [2.24, 2.45) is 28.9 Å². The Balaban J connectivity index is 1.93. The third kappa shape index (κ3) is 3.74. The summed E-state index contributed by atoms with van der Waals surface area (Å²) in [5, 5.41) is 0. The number of rotatable bonds is 3. The maximum atomic E-state index is 12.7. The van der Waals surface area contributed by atoms with E-state index in [9.17, 15) is 9.59 Å². The van der Waals surface area contributed by atoms with Crippen LogP contribution >= 0.6 is 0 Å². The van der Waals surface area contributed by atoms with Gasteiger partial charge in [-0.15, -0.1) is 0 Å². The number of hydrogen-bond acceptors (Lipinski definition) is 2. The van der Waals surface area contributed by atoms with Crippen molar-refractivity contribution in [2.75, 3.05) is 13.1 Å². The third-order valence-corrected chi connectivity index (χ3v) is 4.82. The molecule has 2 fully saturated rings. The molecule has 4 nitrogen and oxygen atoms in total. The summed E-state index contributed by atoms with van der Waals surface area (Å²) in [6, 6.07) is 0. The molecule has 2 N–H and O–H groups in total. The van der Waals surface area contributed by atoms with Crippen molar-refractivity contribution < 1.29 is 9.59 Å². The molecule has 3 atom stereocenters. The van der Waals surface area contributed by atoms with Gasteiger partial charge in [0.1, 0.15) is 0 Å². The minimum atomic E-state index is -0.253. The van der Waals surface area contributed by atoms with Crippen molar-refractivity contribution in [2.45, 2.75) is 52.9 Å². The molecule has 0 radical (unpaired) electrons. The highest BCUT2D eigenvalue weighted by molar-refractivity contribution is 5.79. The molecule has 1 saturated carbocycles. The van der Waals surface area contributed by atoms with Crippen LogP contribution in [0, 0.1) is 23.2 Å². The molecular weight excluding hydrogens is 252 g/mol. The Kier molecular flexibility index (Phi) is 4.40. The van der Waals surface area contributed by atoms with E-state index in [4.69, 9.17) is 5.73 Å². The van der Waals surface area contributed by atoms with Gasteiger partial charge in [-0.25, -0.2) is 0 Å². The summed E-state index contributed by atoms with van der Waals surface area (Å²) in [6.07, 6.45) is 4.55. The predicted octanol–water partition coefficient (Wildman–Crippen LogP) is 2.17. The maximum absolute atomic E-state index is 12.7. The van der Waals surface area contributed by atoms with Gasteiger partial charge in [0.15, 0.2) is 0 Å². The highest BCUT2D eigenvalue weighted by Gasteiger charge is 2.38. The Morgan fingerprint density at radius 2 is 2.00 bits per heavy atom. The van der Waals surface area contributed by atoms with Crippen LogP contribution in [0.15, 0.2) is 0 Å². The topological polar surface area (TPSA) is 63.4 Å². The number of hydrogen-bond donors (Lipinski definition) is 1. The van der Waals surface area contributed by atoms with Gasteiger partial charge in [-0.05, 0) is 42.9 Å². The Bertz CT molecular complexity index is 392. The van der Waals surface area contributed by atoms with E-state index in [-0.39, 0.29) is 23.2 Å². The van der Waals surface area contributed by atoms with Gasteiger partial charge in [-0.1, -0.05) is 20.8 Å². The van der Waals surface area contributed by atoms with E-state index in [2.05, 4.69) is 20.8 Å². The number of carbonyl (C=O) groups is 2. The summed E-state index contributed by atoms with van der Waals surface area (Å²) < 4.78 is 0. The standard InChI is InChI=1S/C16H28N2O2/c1-11-6-13(9-16(2,3)8-11)15(20)18-5-4-12(10-18)7-14(17)19/h11-13H,4-10H2,1-3H3,(H2,17,19). The molecule has 0 aromatic carbocycles. The van der Waals surface area contributed by atoms with Crippen molar-refractivity contribution in [1.82, 2.24) is 4.90 Å². The molecule has 0 aromatic rings. The zero-order valence-electron chi connectivity index (χ0n) is 13.0. The number of likely N-dealkylation sites (tertiary alicyclic amines) is 1. The first-order valence-corrected chi connectivity index (χ1v) is 7.84. The number of nitrogens with zero attached hydrogens (tertiary/aromatic N) is 1. The summed E-state index contributed by atoms with van der Waals surface area (Å²) in [7, 11) is 0. The quantitative estimate of drug-likeness (QED) is 0.861. The second kappa shape index (κ2) is 5.74. The second-order valence-corrected chi connectivity index (χ2v) is 7.72. The summed E-state index contributed by atoms with van der Waals surface area (Å²) in [5.41, 5.74) is 5.52. The first-order valence-electron chi connectivity index (χ1n) is 7.84. The monoisotopic (exact) mass is 280 g/mol. The van der Waals surface area contributed by atoms with E-state index in [1.54, 1.807) is 0 Å². The summed E-state index contributed by atoms with van der Waals surface area (Å²) in [4.78, 5) is 25.6. The van der Waals surface area contributed by atoms with E-state index >= 15 is 0 Å². The van der Waals surface area contributed by atoms with Crippen molar-refractivity contribution in [3.05, 3.63) is 0 Å². The average Bonchev–Trinajstić information content (AvgIpc) is 2.72. The Hall–Kier alpha value is -1.06. The lowest BCUT2D eigenvalue weighted by atomic mass is 9.67. The van der Waals surface area contributed by atoms with Gasteiger partial charge >= 0.3 is 0 Å². The van der Waals surface area contributed by atoms with Crippen LogP contribution < -0.4 is 5.73 Å². The molecule has 20 heavy (non-hydrogen) atoms. The molecule has 2 aliphatic rings. The Morgan fingerprint density at radius 3 is 2.60 bits per heavy atom. The van der Waals surface area contributed by atoms with Gasteiger partial charge in [-0.3, -0.25) is 9.59 Å². The zero-order chi connectivity index (χ0) is 14.9. The van der Waals surface area contributed by atoms with Crippen LogP contribution in [0.4, 0.5) is 0 Å². The second-order valence-electron chi connectivity index (χ2n) is 7.72. The van der Waals surface area contributed by atoms with Gasteiger partial charge in [-0.2, -0.15) is 0 Å². The lowest BCUT2D eigenvalue weighted by Crippen LogP contribution is -2.40. The SMILES string of the molecule is CC1CC(C(=O)N2CCC(CC(N)=O)C2)CC(C)(C)C1. The maximum Gasteiger partial charge on any atom is 0.225 e. The minimum absolute atomic E-state index is 0.168. The normalized spacial score (nSPS) is 33.1. The van der Waals surface area contributed by atoms with Crippen molar-refractivity contribution in [3.63, 3.8) is 0 Å². The highest BCUT2D eigenvalue weighted by atomic mass is 16.2. The van der Waals surface area contributed by atoms with Crippen LogP contribution in [0.5, 0.6) is 0 Å². The first-order chi connectivity index (χ1) is 9.27. The van der Waals surface area contributed by atoms with Crippen molar-refractivity contribution >= 4 is 11.8 Å². The predicted molar refractivity (Wildman–Crippen MR) is 78.8 cm³/mol. The molecule has 2 rings (SSSR count). The fourth-order valence-corrected chi connectivity index (χ4v) is 4.28. The zero-order valence-corrected chi connectivity index (χ0v) is 13.0. The van der Waals surface area contributed by atoms with E-state index in [0.29, 0.717) is 24.8 Å². The molecule has 4 heteroatoms. The van der Waals surface area contributed by atoms with E-state index in [0.717, 1.165) is 25.8 Å². The molecule has 2 amide bonds. The molecule has 3 unspecified atom stereocenters. The molecule has 1 saturated heterocycles. The van der Waals surface area contributed by atoms with Crippen molar-refractivity contribution in [3.8, 4) is 0 Å². The number of amides is 2. The van der Waals surface area contributed by atoms with E-state index in [1.165, 1.54) is 6.42 Å². The molecular formula is C16H28N2O2. The fraction of sp³-hybridized carbons (Fsp3) is 0.875. The van der Waals surface area contributed by atoms with Gasteiger partial charge in [0.25, 0.3) is 0 Å². The molecule has 0 bridgehead atoms. The Morgan fingerprint density at radius 1 is 1.30 bits per heavy atom. The fourth-order valence-electron chi connectivity index (χ4n) is 4.28. The molecule has 0 spiro atoms. The molecule has 1 aliphatic carbocycles. The first kappa shape index (κ1) is 15.3. The molecule has 114 valence electrons. The van der Waals surface area contributed by atoms with Crippen LogP contribution in [0.25, 0.3) is 0 Å². The van der Waals surface area contributed by atoms with Crippen LogP contribution in [0.2, 0.25) is 0 Å². The number of nitrogens with two attached hydrogens (primary N) is 1. The average molecular weight is 280 g/mol. The van der Waals surface area contributed by atoms with Crippen LogP contribution in [-0.2, 0) is 9.59 Å². The summed E-state index contributed by atoms with van der Waals surface area (Å²) in [6.45, 7) is 8.29. The smallest absolute Gasteiger partial charge is 0.225 e. The summed E-state index contributed by atoms with van der Waals surface area (Å²) >= 11 is 0. The van der Waals surface area contributed by atoms with Crippen molar-refractivity contribution in [1.29, 1.82) is 0 Å². The van der Waals surface area contributed by atoms with Gasteiger partial charge in [0.2, 0.25) is 11.8 Å². The van der Waals surface area contributed by atoms with Gasteiger partial charge in [0, 0.05) is 25.4 Å². The van der Waals surface area contributed by atoms with Crippen LogP contribution in [-0.4, -0.2) is 29.8 Å². The van der Waals surface area contributed by atoms with Crippen LogP contribution in [0.1, 0.15) is 52.9 Å². The minimum Gasteiger partial charge on any atom is -0.370 e. The summed E-state index contributed by atoms with van der Waals surface area (Å²) in [5.74, 6) is 1.11. The van der Waals surface area contributed by atoms with E-state index < -0.39 is 0 Å². The van der Waals surface area contributed by atoms with Gasteiger partial charge in [0.05, 0.1) is 0 Å². The molecule has 1 aliphatic heterocycles. The Labute approximate surface area is 122 Å². The van der Waals surface area contributed by atoms with E-state index in [1.807, 2.05) is 4.90 Å². The van der Waals surface area contributed by atoms with Gasteiger partial charge < -0.3 is 10.6 Å². The molecule has 1 heterocycles. The van der Waals surface area contributed by atoms with Crippen LogP contribution in [0.3, 0.4) is 0 Å². The lowest BCUT2D eigenvalue weighted by Gasteiger charge is -2.39. The third-order valence-electron chi connectivity index (χ3n) is 4.82.